The monoisotopic (exact) mass is 398 g/mol. The van der Waals surface area contributed by atoms with E-state index in [9.17, 15) is 9.18 Å². The number of benzene rings is 2. The van der Waals surface area contributed by atoms with Crippen molar-refractivity contribution in [3.63, 3.8) is 0 Å². The maximum Gasteiger partial charge on any atom is 0.212 e. The number of hydrogen-bond donors (Lipinski definition) is 0. The fourth-order valence-corrected chi connectivity index (χ4v) is 3.39. The third kappa shape index (κ3) is 3.84. The van der Waals surface area contributed by atoms with Crippen molar-refractivity contribution in [2.24, 2.45) is 0 Å². The van der Waals surface area contributed by atoms with Crippen molar-refractivity contribution in [1.29, 1.82) is 0 Å². The third-order valence-corrected chi connectivity index (χ3v) is 5.04. The maximum absolute atomic E-state index is 13.0. The van der Waals surface area contributed by atoms with E-state index >= 15 is 0 Å². The number of carbonyl (C=O) groups excluding carboxylic acids is 1. The number of fused-ring (bicyclic) bond motifs is 1. The Hall–Kier alpha value is -2.77. The first-order valence-corrected chi connectivity index (χ1v) is 9.36. The Morgan fingerprint density at radius 2 is 1.74 bits per heavy atom. The molecule has 4 aromatic rings. The largest absolute Gasteiger partial charge is 0.293 e. The SMILES string of the molecule is O=C(CSc1nnc2ccc(-c3ccc(Cl)cc3)nn12)c1ccc(F)cc1. The lowest BCUT2D eigenvalue weighted by atomic mass is 10.1. The molecule has 134 valence electrons. The summed E-state index contributed by atoms with van der Waals surface area (Å²) >= 11 is 7.16. The molecule has 0 N–H and O–H groups in total. The lowest BCUT2D eigenvalue weighted by Crippen LogP contribution is -2.04. The van der Waals surface area contributed by atoms with Crippen molar-refractivity contribution in [3.8, 4) is 11.3 Å². The fourth-order valence-electron chi connectivity index (χ4n) is 2.48. The minimum absolute atomic E-state index is 0.120. The van der Waals surface area contributed by atoms with E-state index in [4.69, 9.17) is 11.6 Å². The molecule has 2 aromatic carbocycles. The van der Waals surface area contributed by atoms with Gasteiger partial charge in [0.25, 0.3) is 0 Å². The molecule has 0 fully saturated rings. The van der Waals surface area contributed by atoms with Crippen LogP contribution in [0.2, 0.25) is 5.02 Å². The zero-order valence-electron chi connectivity index (χ0n) is 13.8. The molecule has 27 heavy (non-hydrogen) atoms. The van der Waals surface area contributed by atoms with E-state index in [0.717, 1.165) is 11.3 Å². The number of ketones is 1. The molecule has 4 rings (SSSR count). The molecule has 0 saturated carbocycles. The van der Waals surface area contributed by atoms with E-state index in [0.29, 0.717) is 21.4 Å². The first kappa shape index (κ1) is 17.6. The second-order valence-corrected chi connectivity index (χ2v) is 7.08. The lowest BCUT2D eigenvalue weighted by molar-refractivity contribution is 0.102. The number of halogens is 2. The average Bonchev–Trinajstić information content (AvgIpc) is 3.09. The van der Waals surface area contributed by atoms with Crippen LogP contribution in [0.3, 0.4) is 0 Å². The van der Waals surface area contributed by atoms with Crippen molar-refractivity contribution in [2.75, 3.05) is 5.75 Å². The van der Waals surface area contributed by atoms with Crippen LogP contribution < -0.4 is 0 Å². The van der Waals surface area contributed by atoms with Gasteiger partial charge >= 0.3 is 0 Å². The number of thioether (sulfide) groups is 1. The van der Waals surface area contributed by atoms with Crippen LogP contribution in [0.1, 0.15) is 10.4 Å². The van der Waals surface area contributed by atoms with Gasteiger partial charge in [0.05, 0.1) is 11.4 Å². The highest BCUT2D eigenvalue weighted by molar-refractivity contribution is 7.99. The summed E-state index contributed by atoms with van der Waals surface area (Å²) < 4.78 is 14.6. The Morgan fingerprint density at radius 3 is 2.48 bits per heavy atom. The number of aromatic nitrogens is 4. The quantitative estimate of drug-likeness (QED) is 0.364. The fraction of sp³-hybridized carbons (Fsp3) is 0.0526. The topological polar surface area (TPSA) is 60.2 Å². The second-order valence-electron chi connectivity index (χ2n) is 5.70. The van der Waals surface area contributed by atoms with Gasteiger partial charge in [0, 0.05) is 16.1 Å². The van der Waals surface area contributed by atoms with Crippen LogP contribution in [0, 0.1) is 5.82 Å². The second kappa shape index (κ2) is 7.46. The number of nitrogens with zero attached hydrogens (tertiary/aromatic N) is 4. The van der Waals surface area contributed by atoms with E-state index in [1.807, 2.05) is 24.3 Å². The van der Waals surface area contributed by atoms with Crippen LogP contribution in [0.25, 0.3) is 16.9 Å². The van der Waals surface area contributed by atoms with Gasteiger partial charge < -0.3 is 0 Å². The molecule has 5 nitrogen and oxygen atoms in total. The summed E-state index contributed by atoms with van der Waals surface area (Å²) in [6, 6.07) is 16.5. The van der Waals surface area contributed by atoms with Gasteiger partial charge in [-0.2, -0.15) is 9.61 Å². The van der Waals surface area contributed by atoms with Crippen molar-refractivity contribution in [3.05, 3.63) is 77.1 Å². The summed E-state index contributed by atoms with van der Waals surface area (Å²) in [5.74, 6) is -0.341. The van der Waals surface area contributed by atoms with Gasteiger partial charge in [0.2, 0.25) is 5.16 Å². The standard InChI is InChI=1S/C19H12ClFN4OS/c20-14-5-1-12(2-6-14)16-9-10-18-22-23-19(25(18)24-16)27-11-17(26)13-3-7-15(21)8-4-13/h1-10H,11H2. The minimum Gasteiger partial charge on any atom is -0.293 e. The van der Waals surface area contributed by atoms with Crippen molar-refractivity contribution in [2.45, 2.75) is 5.16 Å². The first-order valence-electron chi connectivity index (χ1n) is 8.00. The molecule has 0 aliphatic rings. The van der Waals surface area contributed by atoms with Gasteiger partial charge in [-0.25, -0.2) is 4.39 Å². The Morgan fingerprint density at radius 1 is 1.00 bits per heavy atom. The zero-order chi connectivity index (χ0) is 18.8. The number of Topliss-reactive ketones (excluding diaryl/α,β-unsaturated/α-hetero) is 1. The van der Waals surface area contributed by atoms with E-state index in [2.05, 4.69) is 15.3 Å². The average molecular weight is 399 g/mol. The summed E-state index contributed by atoms with van der Waals surface area (Å²) in [5, 5.41) is 13.9. The molecule has 2 heterocycles. The Bertz CT molecular complexity index is 1110. The van der Waals surface area contributed by atoms with Gasteiger partial charge in [-0.05, 0) is 48.5 Å². The van der Waals surface area contributed by atoms with Gasteiger partial charge in [0.1, 0.15) is 5.82 Å². The zero-order valence-corrected chi connectivity index (χ0v) is 15.4. The predicted molar refractivity (Wildman–Crippen MR) is 103 cm³/mol. The minimum atomic E-state index is -0.374. The van der Waals surface area contributed by atoms with Crippen molar-refractivity contribution in [1.82, 2.24) is 19.8 Å². The molecule has 0 aliphatic carbocycles. The van der Waals surface area contributed by atoms with E-state index in [1.165, 1.54) is 36.0 Å². The van der Waals surface area contributed by atoms with E-state index in [-0.39, 0.29) is 17.4 Å². The normalized spacial score (nSPS) is 11.0. The smallest absolute Gasteiger partial charge is 0.212 e. The number of carbonyl (C=O) groups is 1. The highest BCUT2D eigenvalue weighted by Gasteiger charge is 2.13. The molecule has 8 heteroatoms. The van der Waals surface area contributed by atoms with Crippen LogP contribution in [-0.4, -0.2) is 31.3 Å². The molecule has 2 aromatic heterocycles. The highest BCUT2D eigenvalue weighted by atomic mass is 35.5. The first-order chi connectivity index (χ1) is 13.1. The molecule has 0 atom stereocenters. The van der Waals surface area contributed by atoms with Gasteiger partial charge in [-0.3, -0.25) is 4.79 Å². The molecular formula is C19H12ClFN4OS. The van der Waals surface area contributed by atoms with Crippen LogP contribution in [0.15, 0.2) is 65.8 Å². The molecule has 0 spiro atoms. The Balaban J connectivity index is 1.56. The molecule has 0 unspecified atom stereocenters. The summed E-state index contributed by atoms with van der Waals surface area (Å²) in [5.41, 5.74) is 2.69. The van der Waals surface area contributed by atoms with E-state index in [1.54, 1.807) is 16.6 Å². The van der Waals surface area contributed by atoms with Crippen molar-refractivity contribution < 1.29 is 9.18 Å². The van der Waals surface area contributed by atoms with Gasteiger partial charge in [-0.1, -0.05) is 35.5 Å². The Labute approximate surface area is 163 Å². The summed E-state index contributed by atoms with van der Waals surface area (Å²) in [7, 11) is 0. The summed E-state index contributed by atoms with van der Waals surface area (Å²) in [6.45, 7) is 0. The van der Waals surface area contributed by atoms with E-state index < -0.39 is 0 Å². The maximum atomic E-state index is 13.0. The lowest BCUT2D eigenvalue weighted by Gasteiger charge is -2.03. The summed E-state index contributed by atoms with van der Waals surface area (Å²) in [6.07, 6.45) is 0. The van der Waals surface area contributed by atoms with Crippen LogP contribution in [0.5, 0.6) is 0 Å². The molecule has 0 radical (unpaired) electrons. The Kier molecular flexibility index (Phi) is 4.87. The molecule has 0 amide bonds. The molecule has 0 aliphatic heterocycles. The molecular weight excluding hydrogens is 387 g/mol. The van der Waals surface area contributed by atoms with Crippen LogP contribution >= 0.6 is 23.4 Å². The van der Waals surface area contributed by atoms with Gasteiger partial charge in [0.15, 0.2) is 11.4 Å². The van der Waals surface area contributed by atoms with Crippen LogP contribution in [-0.2, 0) is 0 Å². The third-order valence-electron chi connectivity index (χ3n) is 3.87. The highest BCUT2D eigenvalue weighted by Crippen LogP contribution is 2.22. The number of rotatable bonds is 5. The molecule has 0 bridgehead atoms. The molecule has 0 saturated heterocycles. The number of hydrogen-bond acceptors (Lipinski definition) is 5. The van der Waals surface area contributed by atoms with Crippen LogP contribution in [0.4, 0.5) is 4.39 Å². The predicted octanol–water partition coefficient (Wildman–Crippen LogP) is 4.56. The van der Waals surface area contributed by atoms with Gasteiger partial charge in [-0.15, -0.1) is 10.2 Å². The van der Waals surface area contributed by atoms with Crippen molar-refractivity contribution >= 4 is 34.8 Å². The summed E-state index contributed by atoms with van der Waals surface area (Å²) in [4.78, 5) is 12.3.